The van der Waals surface area contributed by atoms with E-state index in [9.17, 15) is 0 Å². The number of aromatic amines is 1. The summed E-state index contributed by atoms with van der Waals surface area (Å²) >= 11 is 5.42. The van der Waals surface area contributed by atoms with Crippen LogP contribution in [0.4, 0.5) is 0 Å². The molecule has 3 nitrogen and oxygen atoms in total. The molecule has 1 aromatic carbocycles. The normalized spacial score (nSPS) is 17.1. The molecule has 1 N–H and O–H groups in total. The van der Waals surface area contributed by atoms with Crippen LogP contribution in [-0.2, 0) is 6.54 Å². The Labute approximate surface area is 119 Å². The molecule has 1 aliphatic rings. The number of aromatic nitrogens is 2. The molecule has 3 rings (SSSR count). The van der Waals surface area contributed by atoms with Gasteiger partial charge in [0.15, 0.2) is 4.77 Å². The van der Waals surface area contributed by atoms with Crippen LogP contribution in [0.2, 0.25) is 0 Å². The van der Waals surface area contributed by atoms with Crippen LogP contribution >= 0.6 is 12.2 Å². The van der Waals surface area contributed by atoms with Crippen LogP contribution in [0.5, 0.6) is 0 Å². The van der Waals surface area contributed by atoms with E-state index in [2.05, 4.69) is 32.7 Å². The van der Waals surface area contributed by atoms with Crippen LogP contribution in [-0.4, -0.2) is 34.1 Å². The van der Waals surface area contributed by atoms with Crippen molar-refractivity contribution in [2.75, 3.05) is 19.6 Å². The van der Waals surface area contributed by atoms with Crippen molar-refractivity contribution in [3.63, 3.8) is 0 Å². The van der Waals surface area contributed by atoms with E-state index in [1.165, 1.54) is 50.8 Å². The Balaban J connectivity index is 1.65. The standard InChI is InChI=1S/C15H21N3S/c19-15-16-13-7-2-3-8-14(13)18(15)12-6-11-17-9-4-1-5-10-17/h2-3,7-8H,1,4-6,9-12H2,(H,16,19). The lowest BCUT2D eigenvalue weighted by atomic mass is 10.1. The number of nitrogens with zero attached hydrogens (tertiary/aromatic N) is 2. The highest BCUT2D eigenvalue weighted by atomic mass is 32.1. The predicted octanol–water partition coefficient (Wildman–Crippen LogP) is 3.57. The van der Waals surface area contributed by atoms with Crippen molar-refractivity contribution in [2.45, 2.75) is 32.2 Å². The van der Waals surface area contributed by atoms with Gasteiger partial charge in [-0.05, 0) is 63.2 Å². The first-order chi connectivity index (χ1) is 9.34. The van der Waals surface area contributed by atoms with Crippen LogP contribution in [0.25, 0.3) is 11.0 Å². The Morgan fingerprint density at radius 1 is 1.05 bits per heavy atom. The van der Waals surface area contributed by atoms with Gasteiger partial charge in [-0.25, -0.2) is 0 Å². The number of para-hydroxylation sites is 2. The zero-order chi connectivity index (χ0) is 13.1. The van der Waals surface area contributed by atoms with Crippen molar-refractivity contribution in [2.24, 2.45) is 0 Å². The number of fused-ring (bicyclic) bond motifs is 1. The van der Waals surface area contributed by atoms with Gasteiger partial charge in [0.25, 0.3) is 0 Å². The van der Waals surface area contributed by atoms with Crippen molar-refractivity contribution >= 4 is 23.3 Å². The molecule has 1 aromatic heterocycles. The number of nitrogens with one attached hydrogen (secondary N) is 1. The van der Waals surface area contributed by atoms with E-state index in [0.29, 0.717) is 0 Å². The summed E-state index contributed by atoms with van der Waals surface area (Å²) in [5, 5.41) is 0. The zero-order valence-electron chi connectivity index (χ0n) is 11.3. The zero-order valence-corrected chi connectivity index (χ0v) is 12.1. The van der Waals surface area contributed by atoms with Gasteiger partial charge in [0, 0.05) is 6.54 Å². The number of rotatable bonds is 4. The number of benzene rings is 1. The number of likely N-dealkylation sites (tertiary alicyclic amines) is 1. The summed E-state index contributed by atoms with van der Waals surface area (Å²) in [7, 11) is 0. The van der Waals surface area contributed by atoms with E-state index >= 15 is 0 Å². The maximum Gasteiger partial charge on any atom is 0.178 e. The van der Waals surface area contributed by atoms with Crippen LogP contribution in [0, 0.1) is 4.77 Å². The van der Waals surface area contributed by atoms with E-state index in [1.54, 1.807) is 0 Å². The summed E-state index contributed by atoms with van der Waals surface area (Å²) in [6.45, 7) is 4.76. The smallest absolute Gasteiger partial charge is 0.178 e. The molecule has 102 valence electrons. The first-order valence-corrected chi connectivity index (χ1v) is 7.65. The minimum atomic E-state index is 0.847. The summed E-state index contributed by atoms with van der Waals surface area (Å²) < 4.78 is 3.08. The highest BCUT2D eigenvalue weighted by molar-refractivity contribution is 7.71. The van der Waals surface area contributed by atoms with Crippen molar-refractivity contribution in [1.82, 2.24) is 14.5 Å². The monoisotopic (exact) mass is 275 g/mol. The van der Waals surface area contributed by atoms with Gasteiger partial charge < -0.3 is 14.5 Å². The summed E-state index contributed by atoms with van der Waals surface area (Å²) in [6, 6.07) is 8.35. The minimum absolute atomic E-state index is 0.847. The number of H-pyrrole nitrogens is 1. The number of imidazole rings is 1. The molecular weight excluding hydrogens is 254 g/mol. The number of hydrogen-bond donors (Lipinski definition) is 1. The molecule has 0 amide bonds. The molecule has 1 fully saturated rings. The third-order valence-corrected chi connectivity index (χ3v) is 4.31. The highest BCUT2D eigenvalue weighted by Gasteiger charge is 2.10. The van der Waals surface area contributed by atoms with E-state index < -0.39 is 0 Å². The van der Waals surface area contributed by atoms with Gasteiger partial charge in [0.1, 0.15) is 0 Å². The van der Waals surface area contributed by atoms with Gasteiger partial charge in [-0.15, -0.1) is 0 Å². The molecule has 0 unspecified atom stereocenters. The molecule has 4 heteroatoms. The van der Waals surface area contributed by atoms with E-state index in [-0.39, 0.29) is 0 Å². The third-order valence-electron chi connectivity index (χ3n) is 3.99. The fourth-order valence-electron chi connectivity index (χ4n) is 2.96. The summed E-state index contributed by atoms with van der Waals surface area (Å²) in [4.78, 5) is 5.86. The Hall–Kier alpha value is -1.13. The van der Waals surface area contributed by atoms with Crippen LogP contribution in [0.3, 0.4) is 0 Å². The van der Waals surface area contributed by atoms with Crippen molar-refractivity contribution < 1.29 is 0 Å². The van der Waals surface area contributed by atoms with Gasteiger partial charge >= 0.3 is 0 Å². The second kappa shape index (κ2) is 5.88. The lowest BCUT2D eigenvalue weighted by Gasteiger charge is -2.26. The number of piperidine rings is 1. The quantitative estimate of drug-likeness (QED) is 0.862. The Kier molecular flexibility index (Phi) is 3.99. The fourth-order valence-corrected chi connectivity index (χ4v) is 3.26. The molecule has 0 bridgehead atoms. The summed E-state index contributed by atoms with van der Waals surface area (Å²) in [5.74, 6) is 0. The summed E-state index contributed by atoms with van der Waals surface area (Å²) in [6.07, 6.45) is 5.32. The molecule has 2 heterocycles. The Morgan fingerprint density at radius 2 is 1.84 bits per heavy atom. The van der Waals surface area contributed by atoms with Gasteiger partial charge in [-0.2, -0.15) is 0 Å². The predicted molar refractivity (Wildman–Crippen MR) is 82.0 cm³/mol. The van der Waals surface area contributed by atoms with Gasteiger partial charge in [0.2, 0.25) is 0 Å². The lowest BCUT2D eigenvalue weighted by Crippen LogP contribution is -2.31. The molecule has 19 heavy (non-hydrogen) atoms. The fraction of sp³-hybridized carbons (Fsp3) is 0.533. The van der Waals surface area contributed by atoms with Crippen molar-refractivity contribution in [3.8, 4) is 0 Å². The van der Waals surface area contributed by atoms with Crippen LogP contribution in [0.1, 0.15) is 25.7 Å². The van der Waals surface area contributed by atoms with E-state index in [1.807, 2.05) is 6.07 Å². The Morgan fingerprint density at radius 3 is 2.68 bits per heavy atom. The SMILES string of the molecule is S=c1[nH]c2ccccc2n1CCCN1CCCCC1. The molecule has 1 saturated heterocycles. The molecule has 0 radical (unpaired) electrons. The molecule has 0 atom stereocenters. The minimum Gasteiger partial charge on any atom is -0.331 e. The maximum atomic E-state index is 5.42. The molecule has 2 aromatic rings. The molecule has 1 aliphatic heterocycles. The topological polar surface area (TPSA) is 24.0 Å². The lowest BCUT2D eigenvalue weighted by molar-refractivity contribution is 0.223. The second-order valence-corrected chi connectivity index (χ2v) is 5.74. The summed E-state index contributed by atoms with van der Waals surface area (Å²) in [5.41, 5.74) is 2.37. The first kappa shape index (κ1) is 12.9. The van der Waals surface area contributed by atoms with Crippen LogP contribution < -0.4 is 0 Å². The van der Waals surface area contributed by atoms with Crippen molar-refractivity contribution in [3.05, 3.63) is 29.0 Å². The average molecular weight is 275 g/mol. The highest BCUT2D eigenvalue weighted by Crippen LogP contribution is 2.14. The van der Waals surface area contributed by atoms with Crippen molar-refractivity contribution in [1.29, 1.82) is 0 Å². The Bertz CT molecular complexity index is 593. The van der Waals surface area contributed by atoms with Gasteiger partial charge in [-0.3, -0.25) is 0 Å². The van der Waals surface area contributed by atoms with E-state index in [0.717, 1.165) is 16.8 Å². The molecular formula is C15H21N3S. The van der Waals surface area contributed by atoms with Crippen LogP contribution in [0.15, 0.2) is 24.3 Å². The maximum absolute atomic E-state index is 5.42. The number of aryl methyl sites for hydroxylation is 1. The largest absolute Gasteiger partial charge is 0.331 e. The van der Waals surface area contributed by atoms with Gasteiger partial charge in [0.05, 0.1) is 11.0 Å². The molecule has 0 spiro atoms. The van der Waals surface area contributed by atoms with Gasteiger partial charge in [-0.1, -0.05) is 18.6 Å². The average Bonchev–Trinajstić information content (AvgIpc) is 2.76. The number of hydrogen-bond acceptors (Lipinski definition) is 2. The van der Waals surface area contributed by atoms with E-state index in [4.69, 9.17) is 12.2 Å². The first-order valence-electron chi connectivity index (χ1n) is 7.24. The second-order valence-electron chi connectivity index (χ2n) is 5.35. The molecule has 0 aliphatic carbocycles. The third kappa shape index (κ3) is 2.90. The molecule has 0 saturated carbocycles.